The lowest BCUT2D eigenvalue weighted by Gasteiger charge is -2.34. The van der Waals surface area contributed by atoms with Crippen LogP contribution in [-0.2, 0) is 19.6 Å². The first kappa shape index (κ1) is 23.9. The summed E-state index contributed by atoms with van der Waals surface area (Å²) in [5, 5.41) is 0. The molecule has 1 saturated heterocycles. The molecule has 0 N–H and O–H groups in total. The normalized spacial score (nSPS) is 20.4. The van der Waals surface area contributed by atoms with E-state index >= 15 is 0 Å². The molecule has 1 heterocycles. The lowest BCUT2D eigenvalue weighted by molar-refractivity contribution is -0.126. The first-order valence-corrected chi connectivity index (χ1v) is 12.2. The molecule has 1 amide bonds. The van der Waals surface area contributed by atoms with Gasteiger partial charge in [-0.3, -0.25) is 4.79 Å². The first-order chi connectivity index (χ1) is 15.1. The molecule has 0 aromatic heterocycles. The predicted octanol–water partition coefficient (Wildman–Crippen LogP) is 3.56. The molecular formula is C24H30N2O5S. The second-order valence-corrected chi connectivity index (χ2v) is 10.5. The molecular weight excluding hydrogens is 428 g/mol. The maximum atomic E-state index is 13.0. The molecule has 2 aromatic carbocycles. The highest BCUT2D eigenvalue weighted by atomic mass is 32.2. The highest BCUT2D eigenvalue weighted by molar-refractivity contribution is 7.89. The van der Waals surface area contributed by atoms with Crippen molar-refractivity contribution in [2.75, 3.05) is 25.0 Å². The summed E-state index contributed by atoms with van der Waals surface area (Å²) in [7, 11) is -2.01. The van der Waals surface area contributed by atoms with Crippen molar-refractivity contribution in [3.8, 4) is 0 Å². The van der Waals surface area contributed by atoms with Crippen LogP contribution in [0.3, 0.4) is 0 Å². The van der Waals surface area contributed by atoms with Gasteiger partial charge in [0.05, 0.1) is 10.5 Å². The topological polar surface area (TPSA) is 84.0 Å². The number of esters is 1. The Morgan fingerprint density at radius 1 is 1.00 bits per heavy atom. The van der Waals surface area contributed by atoms with Crippen molar-refractivity contribution in [1.82, 2.24) is 4.31 Å². The van der Waals surface area contributed by atoms with Gasteiger partial charge in [-0.2, -0.15) is 4.31 Å². The number of piperidine rings is 1. The van der Waals surface area contributed by atoms with Crippen molar-refractivity contribution in [2.24, 2.45) is 11.8 Å². The molecule has 2 aromatic rings. The van der Waals surface area contributed by atoms with E-state index in [-0.39, 0.29) is 16.4 Å². The summed E-state index contributed by atoms with van der Waals surface area (Å²) in [6.45, 7) is 6.59. The van der Waals surface area contributed by atoms with Gasteiger partial charge in [-0.15, -0.1) is 0 Å². The Hall–Kier alpha value is -2.71. The summed E-state index contributed by atoms with van der Waals surface area (Å²) in [6.07, 6.45) is 0.0140. The lowest BCUT2D eigenvalue weighted by Crippen LogP contribution is -2.42. The smallest absolute Gasteiger partial charge is 0.338 e. The van der Waals surface area contributed by atoms with Crippen LogP contribution < -0.4 is 4.90 Å². The molecule has 172 valence electrons. The molecule has 1 aliphatic heterocycles. The standard InChI is InChI=1S/C24H30N2O5S/c1-17-14-18(2)16-26(15-17)32(29,30)22-12-10-20(11-13-22)24(28)31-19(3)23(27)25(4)21-8-6-5-7-9-21/h5-13,17-19H,14-16H2,1-4H3/t17-,18+,19-/m0/s1. The van der Waals surface area contributed by atoms with Crippen LogP contribution >= 0.6 is 0 Å². The van der Waals surface area contributed by atoms with Crippen molar-refractivity contribution in [2.45, 2.75) is 38.2 Å². The zero-order valence-corrected chi connectivity index (χ0v) is 19.7. The molecule has 8 heteroatoms. The molecule has 0 radical (unpaired) electrons. The van der Waals surface area contributed by atoms with Crippen molar-refractivity contribution in [1.29, 1.82) is 0 Å². The average Bonchev–Trinajstić information content (AvgIpc) is 2.78. The van der Waals surface area contributed by atoms with Gasteiger partial charge in [-0.25, -0.2) is 13.2 Å². The van der Waals surface area contributed by atoms with Crippen molar-refractivity contribution in [3.63, 3.8) is 0 Å². The minimum Gasteiger partial charge on any atom is -0.449 e. The highest BCUT2D eigenvalue weighted by Gasteiger charge is 2.32. The van der Waals surface area contributed by atoms with Crippen LogP contribution in [0.2, 0.25) is 0 Å². The van der Waals surface area contributed by atoms with Crippen LogP contribution in [0.5, 0.6) is 0 Å². The Kier molecular flexibility index (Phi) is 7.36. The molecule has 0 saturated carbocycles. The number of hydrogen-bond acceptors (Lipinski definition) is 5. The van der Waals surface area contributed by atoms with E-state index in [9.17, 15) is 18.0 Å². The molecule has 1 aliphatic rings. The fraction of sp³-hybridized carbons (Fsp3) is 0.417. The van der Waals surface area contributed by atoms with Crippen molar-refractivity contribution >= 4 is 27.6 Å². The molecule has 32 heavy (non-hydrogen) atoms. The summed E-state index contributed by atoms with van der Waals surface area (Å²) in [6, 6.07) is 14.7. The summed E-state index contributed by atoms with van der Waals surface area (Å²) >= 11 is 0. The number of carbonyl (C=O) groups excluding carboxylic acids is 2. The monoisotopic (exact) mass is 458 g/mol. The highest BCUT2D eigenvalue weighted by Crippen LogP contribution is 2.27. The number of amides is 1. The van der Waals surface area contributed by atoms with Gasteiger partial charge in [0.1, 0.15) is 0 Å². The number of carbonyl (C=O) groups is 2. The number of rotatable bonds is 6. The Morgan fingerprint density at radius 3 is 2.12 bits per heavy atom. The Balaban J connectivity index is 1.66. The largest absolute Gasteiger partial charge is 0.449 e. The molecule has 7 nitrogen and oxygen atoms in total. The maximum Gasteiger partial charge on any atom is 0.338 e. The van der Waals surface area contributed by atoms with Gasteiger partial charge in [-0.05, 0) is 61.6 Å². The fourth-order valence-electron chi connectivity index (χ4n) is 4.04. The summed E-state index contributed by atoms with van der Waals surface area (Å²) in [5.41, 5.74) is 0.877. The number of hydrogen-bond donors (Lipinski definition) is 0. The Bertz CT molecular complexity index is 1040. The summed E-state index contributed by atoms with van der Waals surface area (Å²) < 4.78 is 32.8. The molecule has 3 atom stereocenters. The van der Waals surface area contributed by atoms with Gasteiger partial charge in [0.2, 0.25) is 10.0 Å². The third kappa shape index (κ3) is 5.37. The van der Waals surface area contributed by atoms with Gasteiger partial charge in [0, 0.05) is 25.8 Å². The number of nitrogens with zero attached hydrogens (tertiary/aromatic N) is 2. The van der Waals surface area contributed by atoms with Crippen molar-refractivity contribution in [3.05, 3.63) is 60.2 Å². The Morgan fingerprint density at radius 2 is 1.56 bits per heavy atom. The van der Waals surface area contributed by atoms with Crippen LogP contribution in [0.4, 0.5) is 5.69 Å². The number of para-hydroxylation sites is 1. The van der Waals surface area contributed by atoms with E-state index in [1.54, 1.807) is 19.2 Å². The van der Waals surface area contributed by atoms with E-state index in [0.717, 1.165) is 6.42 Å². The van der Waals surface area contributed by atoms with E-state index in [1.165, 1.54) is 40.4 Å². The van der Waals surface area contributed by atoms with Gasteiger partial charge in [0.15, 0.2) is 6.10 Å². The molecule has 0 bridgehead atoms. The number of benzene rings is 2. The Labute approximate surface area is 190 Å². The third-order valence-corrected chi connectivity index (χ3v) is 7.51. The van der Waals surface area contributed by atoms with Gasteiger partial charge in [-0.1, -0.05) is 32.0 Å². The van der Waals surface area contributed by atoms with Gasteiger partial charge < -0.3 is 9.64 Å². The van der Waals surface area contributed by atoms with Crippen LogP contribution in [-0.4, -0.2) is 50.8 Å². The zero-order chi connectivity index (χ0) is 23.5. The number of anilines is 1. The predicted molar refractivity (Wildman–Crippen MR) is 123 cm³/mol. The van der Waals surface area contributed by atoms with Crippen LogP contribution in [0.1, 0.15) is 37.6 Å². The first-order valence-electron chi connectivity index (χ1n) is 10.7. The average molecular weight is 459 g/mol. The zero-order valence-electron chi connectivity index (χ0n) is 18.9. The molecule has 0 aliphatic carbocycles. The van der Waals surface area contributed by atoms with Crippen molar-refractivity contribution < 1.29 is 22.7 Å². The quantitative estimate of drug-likeness (QED) is 0.618. The van der Waals surface area contributed by atoms with E-state index in [1.807, 2.05) is 18.2 Å². The molecule has 3 rings (SSSR count). The van der Waals surface area contributed by atoms with Crippen LogP contribution in [0, 0.1) is 11.8 Å². The second-order valence-electron chi connectivity index (χ2n) is 8.57. The molecule has 1 fully saturated rings. The van der Waals surface area contributed by atoms with E-state index in [0.29, 0.717) is 30.6 Å². The number of ether oxygens (including phenoxy) is 1. The third-order valence-electron chi connectivity index (χ3n) is 5.67. The van der Waals surface area contributed by atoms with Gasteiger partial charge >= 0.3 is 5.97 Å². The lowest BCUT2D eigenvalue weighted by atomic mass is 9.94. The minimum absolute atomic E-state index is 0.142. The van der Waals surface area contributed by atoms with Crippen LogP contribution in [0.15, 0.2) is 59.5 Å². The SMILES string of the molecule is C[C@@H]1C[C@H](C)CN(S(=O)(=O)c2ccc(C(=O)O[C@@H](C)C(=O)N(C)c3ccccc3)cc2)C1. The molecule has 0 unspecified atom stereocenters. The number of sulfonamides is 1. The summed E-state index contributed by atoms with van der Waals surface area (Å²) in [5.74, 6) is -0.444. The van der Waals surface area contributed by atoms with E-state index in [4.69, 9.17) is 4.74 Å². The minimum atomic E-state index is -3.63. The van der Waals surface area contributed by atoms with E-state index < -0.39 is 22.1 Å². The maximum absolute atomic E-state index is 13.0. The summed E-state index contributed by atoms with van der Waals surface area (Å²) in [4.78, 5) is 26.7. The van der Waals surface area contributed by atoms with E-state index in [2.05, 4.69) is 13.8 Å². The van der Waals surface area contributed by atoms with Gasteiger partial charge in [0.25, 0.3) is 5.91 Å². The second kappa shape index (κ2) is 9.83. The molecule has 0 spiro atoms. The van der Waals surface area contributed by atoms with Crippen LogP contribution in [0.25, 0.3) is 0 Å². The number of likely N-dealkylation sites (N-methyl/N-ethyl adjacent to an activating group) is 1. The fourth-order valence-corrected chi connectivity index (χ4v) is 5.72.